The summed E-state index contributed by atoms with van der Waals surface area (Å²) in [4.78, 5) is 26.7. The molecule has 5 nitrogen and oxygen atoms in total. The molecule has 7 heteroatoms. The summed E-state index contributed by atoms with van der Waals surface area (Å²) in [6.07, 6.45) is 0. The van der Waals surface area contributed by atoms with Crippen LogP contribution in [0.4, 0.5) is 4.79 Å². The second kappa shape index (κ2) is 5.21. The molecular formula is C11H18N2O3S2. The summed E-state index contributed by atoms with van der Waals surface area (Å²) in [7, 11) is 0. The predicted octanol–water partition coefficient (Wildman–Crippen LogP) is 1.39. The van der Waals surface area contributed by atoms with Crippen molar-refractivity contribution in [3.8, 4) is 0 Å². The molecule has 18 heavy (non-hydrogen) atoms. The van der Waals surface area contributed by atoms with Crippen molar-refractivity contribution in [3.63, 3.8) is 0 Å². The maximum atomic E-state index is 12.4. The van der Waals surface area contributed by atoms with E-state index < -0.39 is 12.0 Å². The Morgan fingerprint density at radius 2 is 2.11 bits per heavy atom. The summed E-state index contributed by atoms with van der Waals surface area (Å²) < 4.78 is 0.0551. The zero-order chi connectivity index (χ0) is 13.3. The van der Waals surface area contributed by atoms with Gasteiger partial charge in [0.05, 0.1) is 5.88 Å². The number of carboxylic acid groups (broad SMARTS) is 1. The fourth-order valence-corrected chi connectivity index (χ4v) is 4.45. The molecule has 0 aromatic heterocycles. The van der Waals surface area contributed by atoms with Crippen LogP contribution in [0.2, 0.25) is 0 Å². The molecular weight excluding hydrogens is 272 g/mol. The zero-order valence-electron chi connectivity index (χ0n) is 10.6. The minimum absolute atomic E-state index is 0.0551. The Morgan fingerprint density at radius 3 is 2.72 bits per heavy atom. The Balaban J connectivity index is 2.04. The minimum atomic E-state index is -0.904. The van der Waals surface area contributed by atoms with Crippen LogP contribution in [0.5, 0.6) is 0 Å². The highest BCUT2D eigenvalue weighted by molar-refractivity contribution is 8.00. The van der Waals surface area contributed by atoms with Crippen molar-refractivity contribution in [1.82, 2.24) is 9.80 Å². The average Bonchev–Trinajstić information content (AvgIpc) is 2.75. The molecule has 2 fully saturated rings. The number of nitrogens with zero attached hydrogens (tertiary/aromatic N) is 2. The van der Waals surface area contributed by atoms with Crippen molar-refractivity contribution < 1.29 is 14.7 Å². The van der Waals surface area contributed by atoms with Gasteiger partial charge < -0.3 is 14.9 Å². The summed E-state index contributed by atoms with van der Waals surface area (Å²) >= 11 is 3.36. The number of aliphatic carboxylic acids is 1. The summed E-state index contributed by atoms with van der Waals surface area (Å²) in [5.41, 5.74) is 0. The van der Waals surface area contributed by atoms with Crippen LogP contribution < -0.4 is 0 Å². The smallest absolute Gasteiger partial charge is 0.327 e. The van der Waals surface area contributed by atoms with Gasteiger partial charge in [0.1, 0.15) is 6.04 Å². The molecule has 102 valence electrons. The van der Waals surface area contributed by atoms with E-state index in [9.17, 15) is 9.59 Å². The second-order valence-corrected chi connectivity index (χ2v) is 7.94. The maximum Gasteiger partial charge on any atom is 0.327 e. The van der Waals surface area contributed by atoms with Crippen molar-refractivity contribution in [3.05, 3.63) is 0 Å². The van der Waals surface area contributed by atoms with Gasteiger partial charge in [-0.1, -0.05) is 0 Å². The third-order valence-corrected chi connectivity index (χ3v) is 5.42. The van der Waals surface area contributed by atoms with Crippen LogP contribution in [-0.4, -0.2) is 68.2 Å². The molecule has 0 saturated carbocycles. The first-order valence-electron chi connectivity index (χ1n) is 5.91. The molecule has 0 aliphatic carbocycles. The van der Waals surface area contributed by atoms with E-state index >= 15 is 0 Å². The lowest BCUT2D eigenvalue weighted by molar-refractivity contribution is -0.140. The Bertz CT molecular complexity index is 362. The fourth-order valence-electron chi connectivity index (χ4n) is 2.20. The molecule has 0 spiro atoms. The van der Waals surface area contributed by atoms with E-state index in [1.165, 1.54) is 16.7 Å². The van der Waals surface area contributed by atoms with Crippen LogP contribution in [0, 0.1) is 0 Å². The monoisotopic (exact) mass is 290 g/mol. The van der Waals surface area contributed by atoms with Gasteiger partial charge in [0.2, 0.25) is 0 Å². The SMILES string of the molecule is CC1(C)CN(C(=O)N2CSC[C@H]2C(=O)O)CCS1. The summed E-state index contributed by atoms with van der Waals surface area (Å²) in [6.45, 7) is 5.62. The Morgan fingerprint density at radius 1 is 1.39 bits per heavy atom. The Labute approximate surface area is 115 Å². The third kappa shape index (κ3) is 2.88. The lowest BCUT2D eigenvalue weighted by atomic mass is 10.2. The summed E-state index contributed by atoms with van der Waals surface area (Å²) in [6, 6.07) is -0.791. The van der Waals surface area contributed by atoms with Crippen LogP contribution in [0.15, 0.2) is 0 Å². The highest BCUT2D eigenvalue weighted by Crippen LogP contribution is 2.31. The second-order valence-electron chi connectivity index (χ2n) is 5.14. The van der Waals surface area contributed by atoms with Crippen LogP contribution in [-0.2, 0) is 4.79 Å². The van der Waals surface area contributed by atoms with Crippen LogP contribution >= 0.6 is 23.5 Å². The van der Waals surface area contributed by atoms with Gasteiger partial charge in [0, 0.05) is 29.3 Å². The van der Waals surface area contributed by atoms with Crippen LogP contribution in [0.3, 0.4) is 0 Å². The van der Waals surface area contributed by atoms with E-state index in [2.05, 4.69) is 13.8 Å². The highest BCUT2D eigenvalue weighted by Gasteiger charge is 2.39. The van der Waals surface area contributed by atoms with Gasteiger partial charge in [-0.05, 0) is 13.8 Å². The molecule has 1 N–H and O–H groups in total. The molecule has 2 aliphatic heterocycles. The Hall–Kier alpha value is -0.560. The first-order valence-corrected chi connectivity index (χ1v) is 8.05. The molecule has 2 heterocycles. The van der Waals surface area contributed by atoms with E-state index in [0.717, 1.165) is 5.75 Å². The molecule has 2 aliphatic rings. The lowest BCUT2D eigenvalue weighted by Gasteiger charge is -2.39. The number of thioether (sulfide) groups is 2. The van der Waals surface area contributed by atoms with Gasteiger partial charge in [-0.3, -0.25) is 0 Å². The molecule has 0 bridgehead atoms. The van der Waals surface area contributed by atoms with Gasteiger partial charge >= 0.3 is 12.0 Å². The largest absolute Gasteiger partial charge is 0.480 e. The van der Waals surface area contributed by atoms with E-state index in [1.807, 2.05) is 11.8 Å². The van der Waals surface area contributed by atoms with Crippen molar-refractivity contribution in [2.45, 2.75) is 24.6 Å². The van der Waals surface area contributed by atoms with Gasteiger partial charge in [0.15, 0.2) is 0 Å². The van der Waals surface area contributed by atoms with Gasteiger partial charge in [-0.15, -0.1) is 11.8 Å². The van der Waals surface area contributed by atoms with Crippen molar-refractivity contribution in [2.24, 2.45) is 0 Å². The Kier molecular flexibility index (Phi) is 4.01. The van der Waals surface area contributed by atoms with Gasteiger partial charge in [0.25, 0.3) is 0 Å². The van der Waals surface area contributed by atoms with E-state index in [1.54, 1.807) is 4.90 Å². The van der Waals surface area contributed by atoms with E-state index in [0.29, 0.717) is 24.7 Å². The number of amides is 2. The number of carbonyl (C=O) groups excluding carboxylic acids is 1. The lowest BCUT2D eigenvalue weighted by Crippen LogP contribution is -2.54. The molecule has 1 atom stereocenters. The number of hydrogen-bond acceptors (Lipinski definition) is 4. The number of hydrogen-bond donors (Lipinski definition) is 1. The standard InChI is InChI=1S/C11H18N2O3S2/c1-11(2)6-12(3-4-18-11)10(16)13-7-17-5-8(13)9(14)15/h8H,3-7H2,1-2H3,(H,14,15)/t8-/m0/s1. The molecule has 2 amide bonds. The quantitative estimate of drug-likeness (QED) is 0.791. The molecule has 0 aromatic rings. The number of rotatable bonds is 1. The number of carboxylic acids is 1. The maximum absolute atomic E-state index is 12.4. The first-order chi connectivity index (χ1) is 8.41. The zero-order valence-corrected chi connectivity index (χ0v) is 12.2. The normalized spacial score (nSPS) is 27.3. The third-order valence-electron chi connectivity index (χ3n) is 3.11. The van der Waals surface area contributed by atoms with Crippen LogP contribution in [0.1, 0.15) is 13.8 Å². The van der Waals surface area contributed by atoms with Crippen molar-refractivity contribution in [1.29, 1.82) is 0 Å². The summed E-state index contributed by atoms with van der Waals surface area (Å²) in [5.74, 6) is 0.990. The van der Waals surface area contributed by atoms with Gasteiger partial charge in [-0.2, -0.15) is 11.8 Å². The van der Waals surface area contributed by atoms with Gasteiger partial charge in [-0.25, -0.2) is 9.59 Å². The molecule has 0 unspecified atom stereocenters. The molecule has 0 radical (unpaired) electrons. The number of carbonyl (C=O) groups is 2. The van der Waals surface area contributed by atoms with Crippen molar-refractivity contribution >= 4 is 35.5 Å². The van der Waals surface area contributed by atoms with E-state index in [4.69, 9.17) is 5.11 Å². The van der Waals surface area contributed by atoms with Crippen molar-refractivity contribution in [2.75, 3.05) is 30.5 Å². The number of urea groups is 1. The first kappa shape index (κ1) is 13.9. The summed E-state index contributed by atoms with van der Waals surface area (Å²) in [5, 5.41) is 9.10. The molecule has 0 aromatic carbocycles. The average molecular weight is 290 g/mol. The predicted molar refractivity (Wildman–Crippen MR) is 74.1 cm³/mol. The minimum Gasteiger partial charge on any atom is -0.480 e. The molecule has 2 saturated heterocycles. The fraction of sp³-hybridized carbons (Fsp3) is 0.818. The van der Waals surface area contributed by atoms with Crippen LogP contribution in [0.25, 0.3) is 0 Å². The topological polar surface area (TPSA) is 60.9 Å². The van der Waals surface area contributed by atoms with E-state index in [-0.39, 0.29) is 10.8 Å². The highest BCUT2D eigenvalue weighted by atomic mass is 32.2. The molecule has 2 rings (SSSR count).